The summed E-state index contributed by atoms with van der Waals surface area (Å²) in [5.41, 5.74) is 3.32. The number of nitrogens with zero attached hydrogens (tertiary/aromatic N) is 1. The predicted octanol–water partition coefficient (Wildman–Crippen LogP) is 3.43. The Bertz CT molecular complexity index is 721. The van der Waals surface area contributed by atoms with Crippen molar-refractivity contribution in [1.29, 1.82) is 0 Å². The summed E-state index contributed by atoms with van der Waals surface area (Å²) < 4.78 is 0. The summed E-state index contributed by atoms with van der Waals surface area (Å²) in [6, 6.07) is 14.8. The molecule has 0 radical (unpaired) electrons. The SMILES string of the molecule is CC[C@@H](C(=O)O)c1ccc(N2Cc3ccccc3C2=O)cc1. The molecule has 112 valence electrons. The minimum absolute atomic E-state index is 0.00590. The molecule has 22 heavy (non-hydrogen) atoms. The molecule has 0 bridgehead atoms. The van der Waals surface area contributed by atoms with Crippen LogP contribution in [0.4, 0.5) is 5.69 Å². The molecule has 1 aliphatic rings. The normalized spacial score (nSPS) is 14.8. The molecule has 2 aromatic carbocycles. The number of benzene rings is 2. The minimum atomic E-state index is -0.820. The van der Waals surface area contributed by atoms with Gasteiger partial charge in [0.15, 0.2) is 0 Å². The van der Waals surface area contributed by atoms with Gasteiger partial charge in [0.05, 0.1) is 12.5 Å². The Morgan fingerprint density at radius 1 is 1.18 bits per heavy atom. The molecule has 2 aromatic rings. The molecule has 4 heteroatoms. The molecule has 0 fully saturated rings. The van der Waals surface area contributed by atoms with Crippen LogP contribution in [0.25, 0.3) is 0 Å². The third-order valence-electron chi connectivity index (χ3n) is 4.13. The highest BCUT2D eigenvalue weighted by atomic mass is 16.4. The Labute approximate surface area is 129 Å². The number of carboxylic acid groups (broad SMARTS) is 1. The van der Waals surface area contributed by atoms with Crippen LogP contribution in [0.1, 0.15) is 40.7 Å². The Hall–Kier alpha value is -2.62. The molecule has 1 atom stereocenters. The Balaban J connectivity index is 1.86. The van der Waals surface area contributed by atoms with Crippen molar-refractivity contribution in [2.45, 2.75) is 25.8 Å². The fourth-order valence-corrected chi connectivity index (χ4v) is 2.90. The van der Waals surface area contributed by atoms with Crippen molar-refractivity contribution >= 4 is 17.6 Å². The summed E-state index contributed by atoms with van der Waals surface area (Å²) in [7, 11) is 0. The summed E-state index contributed by atoms with van der Waals surface area (Å²) in [5.74, 6) is -1.32. The van der Waals surface area contributed by atoms with E-state index in [1.165, 1.54) is 0 Å². The first-order valence-corrected chi connectivity index (χ1v) is 7.34. The molecule has 1 heterocycles. The molecule has 1 aliphatic heterocycles. The molecule has 1 N–H and O–H groups in total. The van der Waals surface area contributed by atoms with Gasteiger partial charge in [-0.15, -0.1) is 0 Å². The Kier molecular flexibility index (Phi) is 3.67. The molecule has 1 amide bonds. The van der Waals surface area contributed by atoms with Crippen molar-refractivity contribution < 1.29 is 14.7 Å². The van der Waals surface area contributed by atoms with E-state index >= 15 is 0 Å². The first-order valence-electron chi connectivity index (χ1n) is 7.34. The highest BCUT2D eigenvalue weighted by molar-refractivity contribution is 6.09. The van der Waals surface area contributed by atoms with Crippen molar-refractivity contribution in [3.05, 3.63) is 65.2 Å². The maximum absolute atomic E-state index is 12.4. The van der Waals surface area contributed by atoms with E-state index < -0.39 is 11.9 Å². The van der Waals surface area contributed by atoms with Gasteiger partial charge in [-0.2, -0.15) is 0 Å². The Morgan fingerprint density at radius 3 is 2.45 bits per heavy atom. The number of carbonyl (C=O) groups is 2. The van der Waals surface area contributed by atoms with Crippen LogP contribution in [0.15, 0.2) is 48.5 Å². The third-order valence-corrected chi connectivity index (χ3v) is 4.13. The van der Waals surface area contributed by atoms with E-state index in [1.807, 2.05) is 43.3 Å². The fraction of sp³-hybridized carbons (Fsp3) is 0.222. The molecule has 0 aromatic heterocycles. The number of amides is 1. The molecular formula is C18H17NO3. The van der Waals surface area contributed by atoms with Crippen molar-refractivity contribution in [2.24, 2.45) is 0 Å². The number of anilines is 1. The van der Waals surface area contributed by atoms with Crippen LogP contribution in [-0.4, -0.2) is 17.0 Å². The van der Waals surface area contributed by atoms with Crippen LogP contribution < -0.4 is 4.90 Å². The molecule has 4 nitrogen and oxygen atoms in total. The van der Waals surface area contributed by atoms with E-state index in [-0.39, 0.29) is 5.91 Å². The molecular weight excluding hydrogens is 278 g/mol. The second-order valence-electron chi connectivity index (χ2n) is 5.44. The first-order chi connectivity index (χ1) is 10.6. The number of carbonyl (C=O) groups excluding carboxylic acids is 1. The lowest BCUT2D eigenvalue weighted by Gasteiger charge is -2.17. The van der Waals surface area contributed by atoms with E-state index in [0.29, 0.717) is 13.0 Å². The topological polar surface area (TPSA) is 57.6 Å². The molecule has 0 saturated carbocycles. The van der Waals surface area contributed by atoms with Crippen molar-refractivity contribution in [3.8, 4) is 0 Å². The molecule has 0 aliphatic carbocycles. The van der Waals surface area contributed by atoms with E-state index in [1.54, 1.807) is 17.0 Å². The van der Waals surface area contributed by atoms with Crippen LogP contribution in [0.3, 0.4) is 0 Å². The van der Waals surface area contributed by atoms with Crippen LogP contribution >= 0.6 is 0 Å². The van der Waals surface area contributed by atoms with Gasteiger partial charge in [0.25, 0.3) is 5.91 Å². The average molecular weight is 295 g/mol. The molecule has 0 saturated heterocycles. The van der Waals surface area contributed by atoms with Gasteiger partial charge in [0.2, 0.25) is 0 Å². The van der Waals surface area contributed by atoms with E-state index in [0.717, 1.165) is 22.4 Å². The van der Waals surface area contributed by atoms with Crippen LogP contribution in [0.2, 0.25) is 0 Å². The largest absolute Gasteiger partial charge is 0.481 e. The van der Waals surface area contributed by atoms with Gasteiger partial charge >= 0.3 is 5.97 Å². The average Bonchev–Trinajstić information content (AvgIpc) is 2.86. The minimum Gasteiger partial charge on any atom is -0.481 e. The van der Waals surface area contributed by atoms with Gasteiger partial charge in [0, 0.05) is 11.3 Å². The second-order valence-corrected chi connectivity index (χ2v) is 5.44. The summed E-state index contributed by atoms with van der Waals surface area (Å²) in [4.78, 5) is 25.3. The lowest BCUT2D eigenvalue weighted by Crippen LogP contribution is -2.23. The van der Waals surface area contributed by atoms with Crippen molar-refractivity contribution in [1.82, 2.24) is 0 Å². The lowest BCUT2D eigenvalue weighted by atomic mass is 9.96. The monoisotopic (exact) mass is 295 g/mol. The van der Waals surface area contributed by atoms with Gasteiger partial charge in [0.1, 0.15) is 0 Å². The maximum Gasteiger partial charge on any atom is 0.310 e. The highest BCUT2D eigenvalue weighted by Crippen LogP contribution is 2.29. The number of rotatable bonds is 4. The summed E-state index contributed by atoms with van der Waals surface area (Å²) in [6.45, 7) is 2.41. The first kappa shape index (κ1) is 14.3. The number of hydrogen-bond acceptors (Lipinski definition) is 2. The lowest BCUT2D eigenvalue weighted by molar-refractivity contribution is -0.138. The summed E-state index contributed by atoms with van der Waals surface area (Å²) >= 11 is 0. The number of fused-ring (bicyclic) bond motifs is 1. The summed E-state index contributed by atoms with van der Waals surface area (Å²) in [6.07, 6.45) is 0.544. The van der Waals surface area contributed by atoms with Crippen LogP contribution in [0, 0.1) is 0 Å². The van der Waals surface area contributed by atoms with Gasteiger partial charge in [-0.25, -0.2) is 0 Å². The van der Waals surface area contributed by atoms with Gasteiger partial charge in [-0.1, -0.05) is 37.3 Å². The van der Waals surface area contributed by atoms with Crippen molar-refractivity contribution in [2.75, 3.05) is 4.90 Å². The zero-order valence-electron chi connectivity index (χ0n) is 12.3. The van der Waals surface area contributed by atoms with Crippen molar-refractivity contribution in [3.63, 3.8) is 0 Å². The van der Waals surface area contributed by atoms with Gasteiger partial charge in [-0.05, 0) is 35.7 Å². The maximum atomic E-state index is 12.4. The quantitative estimate of drug-likeness (QED) is 0.940. The fourth-order valence-electron chi connectivity index (χ4n) is 2.90. The highest BCUT2D eigenvalue weighted by Gasteiger charge is 2.28. The van der Waals surface area contributed by atoms with Gasteiger partial charge < -0.3 is 10.0 Å². The number of carboxylic acids is 1. The standard InChI is InChI=1S/C18H17NO3/c1-2-15(18(21)22)12-7-9-14(10-8-12)19-11-13-5-3-4-6-16(13)17(19)20/h3-10,15H,2,11H2,1H3,(H,21,22)/t15-/m1/s1. The molecule has 0 spiro atoms. The molecule has 0 unspecified atom stereocenters. The van der Waals surface area contributed by atoms with E-state index in [2.05, 4.69) is 0 Å². The zero-order chi connectivity index (χ0) is 15.7. The number of hydrogen-bond donors (Lipinski definition) is 1. The Morgan fingerprint density at radius 2 is 1.86 bits per heavy atom. The predicted molar refractivity (Wildman–Crippen MR) is 84.1 cm³/mol. The summed E-state index contributed by atoms with van der Waals surface area (Å²) in [5, 5.41) is 9.20. The third kappa shape index (κ3) is 2.37. The zero-order valence-corrected chi connectivity index (χ0v) is 12.3. The van der Waals surface area contributed by atoms with Crippen LogP contribution in [0.5, 0.6) is 0 Å². The van der Waals surface area contributed by atoms with Crippen LogP contribution in [-0.2, 0) is 11.3 Å². The van der Waals surface area contributed by atoms with E-state index in [4.69, 9.17) is 0 Å². The smallest absolute Gasteiger partial charge is 0.310 e. The van der Waals surface area contributed by atoms with Gasteiger partial charge in [-0.3, -0.25) is 9.59 Å². The second kappa shape index (κ2) is 5.64. The molecule has 3 rings (SSSR count). The van der Waals surface area contributed by atoms with E-state index in [9.17, 15) is 14.7 Å². The number of aliphatic carboxylic acids is 1.